The minimum absolute atomic E-state index is 0.550. The van der Waals surface area contributed by atoms with E-state index in [0.29, 0.717) is 24.0 Å². The zero-order valence-corrected chi connectivity index (χ0v) is 16.3. The molecule has 0 fully saturated rings. The van der Waals surface area contributed by atoms with Crippen LogP contribution in [0.4, 0.5) is 0 Å². The van der Waals surface area contributed by atoms with E-state index < -0.39 is 0 Å². The quantitative estimate of drug-likeness (QED) is 0.749. The van der Waals surface area contributed by atoms with Crippen molar-refractivity contribution in [2.45, 2.75) is 33.5 Å². The maximum atomic E-state index is 6.29. The fourth-order valence-corrected chi connectivity index (χ4v) is 3.37. The maximum absolute atomic E-state index is 6.29. The van der Waals surface area contributed by atoms with Crippen molar-refractivity contribution in [3.63, 3.8) is 0 Å². The normalized spacial score (nSPS) is 13.2. The Morgan fingerprint density at radius 1 is 0.923 bits per heavy atom. The van der Waals surface area contributed by atoms with Crippen LogP contribution in [0.15, 0.2) is 36.4 Å². The van der Waals surface area contributed by atoms with Crippen molar-refractivity contribution in [2.75, 3.05) is 26.3 Å². The highest BCUT2D eigenvalue weighted by molar-refractivity contribution is 6.32. The second-order valence-electron chi connectivity index (χ2n) is 6.48. The predicted molar refractivity (Wildman–Crippen MR) is 106 cm³/mol. The molecule has 26 heavy (non-hydrogen) atoms. The lowest BCUT2D eigenvalue weighted by molar-refractivity contribution is 0.171. The van der Waals surface area contributed by atoms with Crippen molar-refractivity contribution in [1.29, 1.82) is 0 Å². The molecule has 0 aromatic heterocycles. The van der Waals surface area contributed by atoms with Crippen LogP contribution in [-0.2, 0) is 19.6 Å². The summed E-state index contributed by atoms with van der Waals surface area (Å²) >= 11 is 6.29. The van der Waals surface area contributed by atoms with Gasteiger partial charge in [-0.15, -0.1) is 0 Å². The smallest absolute Gasteiger partial charge is 0.179 e. The van der Waals surface area contributed by atoms with Gasteiger partial charge in [-0.3, -0.25) is 4.90 Å². The molecule has 5 heteroatoms. The monoisotopic (exact) mass is 374 g/mol. The number of nitrogens with one attached hydrogen (secondary N) is 1. The minimum Gasteiger partial charge on any atom is -0.486 e. The second kappa shape index (κ2) is 9.26. The Bertz CT molecular complexity index is 715. The summed E-state index contributed by atoms with van der Waals surface area (Å²) in [6.45, 7) is 10.2. The average Bonchev–Trinajstić information content (AvgIpc) is 2.67. The van der Waals surface area contributed by atoms with Gasteiger partial charge in [0, 0.05) is 19.6 Å². The topological polar surface area (TPSA) is 33.7 Å². The van der Waals surface area contributed by atoms with Gasteiger partial charge in [-0.2, -0.15) is 0 Å². The van der Waals surface area contributed by atoms with Crippen LogP contribution in [-0.4, -0.2) is 31.2 Å². The summed E-state index contributed by atoms with van der Waals surface area (Å²) in [4.78, 5) is 2.42. The van der Waals surface area contributed by atoms with Crippen LogP contribution >= 0.6 is 11.6 Å². The number of ether oxygens (including phenoxy) is 2. The molecule has 140 valence electrons. The molecule has 3 rings (SSSR count). The first-order valence-corrected chi connectivity index (χ1v) is 9.66. The van der Waals surface area contributed by atoms with Crippen LogP contribution < -0.4 is 14.8 Å². The summed E-state index contributed by atoms with van der Waals surface area (Å²) in [6, 6.07) is 12.8. The Morgan fingerprint density at radius 3 is 2.31 bits per heavy atom. The SMILES string of the molecule is CCN(CC)Cc1ccc(CNCc2cc(Cl)c3c(c2)OCCO3)cc1. The standard InChI is InChI=1S/C21H27ClN2O2/c1-3-24(4-2)15-17-7-5-16(6-8-17)13-23-14-18-11-19(22)21-20(12-18)25-9-10-26-21/h5-8,11-12,23H,3-4,9-10,13-15H2,1-2H3. The molecule has 1 heterocycles. The van der Waals surface area contributed by atoms with Crippen LogP contribution in [0.3, 0.4) is 0 Å². The predicted octanol–water partition coefficient (Wildman–Crippen LogP) is 4.24. The zero-order chi connectivity index (χ0) is 18.4. The van der Waals surface area contributed by atoms with Crippen molar-refractivity contribution in [3.05, 3.63) is 58.1 Å². The Hall–Kier alpha value is -1.75. The lowest BCUT2D eigenvalue weighted by atomic mass is 10.1. The highest BCUT2D eigenvalue weighted by atomic mass is 35.5. The molecule has 1 aliphatic heterocycles. The van der Waals surface area contributed by atoms with Gasteiger partial charge in [0.05, 0.1) is 5.02 Å². The van der Waals surface area contributed by atoms with E-state index in [-0.39, 0.29) is 0 Å². The third kappa shape index (κ3) is 4.91. The number of benzene rings is 2. The first kappa shape index (κ1) is 19.0. The lowest BCUT2D eigenvalue weighted by Crippen LogP contribution is -2.22. The summed E-state index contributed by atoms with van der Waals surface area (Å²) in [6.07, 6.45) is 0. The summed E-state index contributed by atoms with van der Waals surface area (Å²) in [7, 11) is 0. The van der Waals surface area contributed by atoms with Gasteiger partial charge in [-0.05, 0) is 41.9 Å². The molecule has 0 bridgehead atoms. The van der Waals surface area contributed by atoms with Crippen molar-refractivity contribution in [2.24, 2.45) is 0 Å². The lowest BCUT2D eigenvalue weighted by Gasteiger charge is -2.20. The number of rotatable bonds is 8. The Kier molecular flexibility index (Phi) is 6.78. The van der Waals surface area contributed by atoms with E-state index in [4.69, 9.17) is 21.1 Å². The van der Waals surface area contributed by atoms with E-state index >= 15 is 0 Å². The molecule has 0 saturated carbocycles. The molecule has 0 amide bonds. The number of fused-ring (bicyclic) bond motifs is 1. The average molecular weight is 375 g/mol. The summed E-state index contributed by atoms with van der Waals surface area (Å²) in [5, 5.41) is 4.08. The maximum Gasteiger partial charge on any atom is 0.179 e. The Labute approximate surface area is 161 Å². The minimum atomic E-state index is 0.550. The molecule has 0 aliphatic carbocycles. The first-order chi connectivity index (χ1) is 12.7. The largest absolute Gasteiger partial charge is 0.486 e. The molecule has 1 aliphatic rings. The van der Waals surface area contributed by atoms with Crippen LogP contribution in [0.25, 0.3) is 0 Å². The van der Waals surface area contributed by atoms with Crippen molar-refractivity contribution >= 4 is 11.6 Å². The molecule has 0 saturated heterocycles. The number of halogens is 1. The molecule has 0 atom stereocenters. The Morgan fingerprint density at radius 2 is 1.58 bits per heavy atom. The number of hydrogen-bond acceptors (Lipinski definition) is 4. The molecular formula is C21H27ClN2O2. The third-order valence-electron chi connectivity index (χ3n) is 4.64. The van der Waals surface area contributed by atoms with Gasteiger partial charge in [0.15, 0.2) is 11.5 Å². The van der Waals surface area contributed by atoms with Gasteiger partial charge in [-0.25, -0.2) is 0 Å². The van der Waals surface area contributed by atoms with Crippen LogP contribution in [0.1, 0.15) is 30.5 Å². The van der Waals surface area contributed by atoms with E-state index in [1.807, 2.05) is 12.1 Å². The first-order valence-electron chi connectivity index (χ1n) is 9.28. The van der Waals surface area contributed by atoms with Crippen molar-refractivity contribution in [1.82, 2.24) is 10.2 Å². The van der Waals surface area contributed by atoms with Gasteiger partial charge >= 0.3 is 0 Å². The fraction of sp³-hybridized carbons (Fsp3) is 0.429. The van der Waals surface area contributed by atoms with Gasteiger partial charge in [0.25, 0.3) is 0 Å². The van der Waals surface area contributed by atoms with Crippen LogP contribution in [0.5, 0.6) is 11.5 Å². The zero-order valence-electron chi connectivity index (χ0n) is 15.6. The van der Waals surface area contributed by atoms with E-state index in [2.05, 4.69) is 48.3 Å². The summed E-state index contributed by atoms with van der Waals surface area (Å²) in [5.74, 6) is 1.40. The fourth-order valence-electron chi connectivity index (χ4n) is 3.09. The van der Waals surface area contributed by atoms with Gasteiger partial charge < -0.3 is 14.8 Å². The Balaban J connectivity index is 1.53. The molecule has 0 spiro atoms. The number of hydrogen-bond donors (Lipinski definition) is 1. The van der Waals surface area contributed by atoms with E-state index in [1.165, 1.54) is 11.1 Å². The van der Waals surface area contributed by atoms with E-state index in [0.717, 1.165) is 44.0 Å². The molecule has 1 N–H and O–H groups in total. The van der Waals surface area contributed by atoms with Crippen LogP contribution in [0.2, 0.25) is 5.02 Å². The van der Waals surface area contributed by atoms with E-state index in [9.17, 15) is 0 Å². The van der Waals surface area contributed by atoms with Crippen molar-refractivity contribution in [3.8, 4) is 11.5 Å². The summed E-state index contributed by atoms with van der Waals surface area (Å²) in [5.41, 5.74) is 3.73. The van der Waals surface area contributed by atoms with Gasteiger partial charge in [0.2, 0.25) is 0 Å². The van der Waals surface area contributed by atoms with E-state index in [1.54, 1.807) is 0 Å². The molecule has 2 aromatic rings. The molecule has 4 nitrogen and oxygen atoms in total. The molecular weight excluding hydrogens is 348 g/mol. The van der Waals surface area contributed by atoms with Crippen molar-refractivity contribution < 1.29 is 9.47 Å². The van der Waals surface area contributed by atoms with Gasteiger partial charge in [-0.1, -0.05) is 49.7 Å². The number of nitrogens with zero attached hydrogens (tertiary/aromatic N) is 1. The third-order valence-corrected chi connectivity index (χ3v) is 4.92. The van der Waals surface area contributed by atoms with Gasteiger partial charge in [0.1, 0.15) is 13.2 Å². The highest BCUT2D eigenvalue weighted by Crippen LogP contribution is 2.38. The van der Waals surface area contributed by atoms with Crippen LogP contribution in [0, 0.1) is 0 Å². The second-order valence-corrected chi connectivity index (χ2v) is 6.89. The molecule has 2 aromatic carbocycles. The highest BCUT2D eigenvalue weighted by Gasteiger charge is 2.16. The molecule has 0 radical (unpaired) electrons. The summed E-state index contributed by atoms with van der Waals surface area (Å²) < 4.78 is 11.2. The molecule has 0 unspecified atom stereocenters.